The molecule has 0 bridgehead atoms. The van der Waals surface area contributed by atoms with E-state index in [1.807, 2.05) is 0 Å². The van der Waals surface area contributed by atoms with Gasteiger partial charge in [-0.3, -0.25) is 19.3 Å². The van der Waals surface area contributed by atoms with Gasteiger partial charge in [-0.2, -0.15) is 13.2 Å². The van der Waals surface area contributed by atoms with Gasteiger partial charge in [-0.15, -0.1) is 0 Å². The number of amides is 4. The zero-order chi connectivity index (χ0) is 17.5. The summed E-state index contributed by atoms with van der Waals surface area (Å²) in [5, 5.41) is 8.89. The number of imide groups is 1. The van der Waals surface area contributed by atoms with E-state index in [0.717, 1.165) is 9.80 Å². The molecule has 8 nitrogen and oxygen atoms in total. The van der Waals surface area contributed by atoms with Crippen LogP contribution in [0.1, 0.15) is 0 Å². The maximum atomic E-state index is 12.9. The predicted molar refractivity (Wildman–Crippen MR) is 67.0 cm³/mol. The Morgan fingerprint density at radius 1 is 1.26 bits per heavy atom. The van der Waals surface area contributed by atoms with Gasteiger partial charge >= 0.3 is 18.2 Å². The number of aliphatic carboxylic acids is 1. The van der Waals surface area contributed by atoms with Crippen molar-refractivity contribution in [3.8, 4) is 0 Å². The molecule has 0 saturated carbocycles. The first-order valence-corrected chi connectivity index (χ1v) is 6.65. The van der Waals surface area contributed by atoms with E-state index in [-0.39, 0.29) is 6.54 Å². The Balaban J connectivity index is 2.08. The third-order valence-corrected chi connectivity index (χ3v) is 3.93. The van der Waals surface area contributed by atoms with Crippen LogP contribution in [0.25, 0.3) is 0 Å². The number of rotatable bonds is 3. The molecule has 0 radical (unpaired) electrons. The summed E-state index contributed by atoms with van der Waals surface area (Å²) in [6.07, 6.45) is -4.75. The highest BCUT2D eigenvalue weighted by atomic mass is 19.4. The lowest BCUT2D eigenvalue weighted by Crippen LogP contribution is -2.43. The highest BCUT2D eigenvalue weighted by Crippen LogP contribution is 2.37. The van der Waals surface area contributed by atoms with E-state index in [1.165, 1.54) is 7.05 Å². The lowest BCUT2D eigenvalue weighted by Gasteiger charge is -2.20. The van der Waals surface area contributed by atoms with E-state index >= 15 is 0 Å². The number of nitrogens with zero attached hydrogens (tertiary/aromatic N) is 3. The first kappa shape index (κ1) is 17.0. The van der Waals surface area contributed by atoms with Crippen LogP contribution in [0.3, 0.4) is 0 Å². The molecule has 4 amide bonds. The Hall–Kier alpha value is -2.33. The van der Waals surface area contributed by atoms with Crippen molar-refractivity contribution in [1.82, 2.24) is 14.7 Å². The molecule has 1 N–H and O–H groups in total. The third kappa shape index (κ3) is 3.22. The summed E-state index contributed by atoms with van der Waals surface area (Å²) < 4.78 is 38.6. The van der Waals surface area contributed by atoms with Crippen LogP contribution in [0, 0.1) is 11.8 Å². The molecule has 0 aromatic rings. The summed E-state index contributed by atoms with van der Waals surface area (Å²) in [4.78, 5) is 48.6. The standard InChI is InChI=1S/C12H14F3N3O5/c1-16-4-9(20)18(11(16)23)5-8(19)17-2-6(10(21)22)7(3-17)12(13,14)15/h6-7H,2-5H2,1H3,(H,21,22)/t6-,7-/m1/s1. The molecule has 0 unspecified atom stereocenters. The van der Waals surface area contributed by atoms with Gasteiger partial charge in [0.1, 0.15) is 13.1 Å². The number of halogens is 3. The van der Waals surface area contributed by atoms with Gasteiger partial charge in [-0.05, 0) is 0 Å². The van der Waals surface area contributed by atoms with Gasteiger partial charge in [0, 0.05) is 20.1 Å². The van der Waals surface area contributed by atoms with Crippen molar-refractivity contribution in [2.75, 3.05) is 33.2 Å². The number of carboxylic acids is 1. The molecular weight excluding hydrogens is 323 g/mol. The van der Waals surface area contributed by atoms with Crippen molar-refractivity contribution < 1.29 is 37.5 Å². The molecule has 128 valence electrons. The normalized spacial score (nSPS) is 25.5. The molecule has 23 heavy (non-hydrogen) atoms. The summed E-state index contributed by atoms with van der Waals surface area (Å²) in [7, 11) is 1.35. The van der Waals surface area contributed by atoms with Crippen LogP contribution >= 0.6 is 0 Å². The monoisotopic (exact) mass is 337 g/mol. The van der Waals surface area contributed by atoms with Crippen LogP contribution in [-0.4, -0.2) is 83.0 Å². The van der Waals surface area contributed by atoms with Gasteiger partial charge < -0.3 is 14.9 Å². The smallest absolute Gasteiger partial charge is 0.394 e. The van der Waals surface area contributed by atoms with Crippen molar-refractivity contribution >= 4 is 23.8 Å². The molecular formula is C12H14F3N3O5. The molecule has 0 aliphatic carbocycles. The number of hydrogen-bond donors (Lipinski definition) is 1. The number of likely N-dealkylation sites (N-methyl/N-ethyl adjacent to an activating group) is 1. The number of carbonyl (C=O) groups is 4. The zero-order valence-electron chi connectivity index (χ0n) is 12.0. The number of urea groups is 1. The van der Waals surface area contributed by atoms with Crippen LogP contribution in [0.2, 0.25) is 0 Å². The van der Waals surface area contributed by atoms with E-state index in [4.69, 9.17) is 5.11 Å². The van der Waals surface area contributed by atoms with Gasteiger partial charge in [0.2, 0.25) is 5.91 Å². The molecule has 2 aliphatic heterocycles. The molecule has 2 heterocycles. The van der Waals surface area contributed by atoms with E-state index in [2.05, 4.69) is 0 Å². The summed E-state index contributed by atoms with van der Waals surface area (Å²) in [6, 6.07) is -0.718. The van der Waals surface area contributed by atoms with Gasteiger partial charge in [0.25, 0.3) is 5.91 Å². The van der Waals surface area contributed by atoms with Crippen molar-refractivity contribution in [3.05, 3.63) is 0 Å². The van der Waals surface area contributed by atoms with Gasteiger partial charge in [-0.25, -0.2) is 4.79 Å². The lowest BCUT2D eigenvalue weighted by atomic mass is 9.96. The average molecular weight is 337 g/mol. The van der Waals surface area contributed by atoms with Crippen LogP contribution in [-0.2, 0) is 14.4 Å². The Morgan fingerprint density at radius 3 is 2.26 bits per heavy atom. The second-order valence-electron chi connectivity index (χ2n) is 5.51. The minimum Gasteiger partial charge on any atom is -0.481 e. The third-order valence-electron chi connectivity index (χ3n) is 3.93. The Morgan fingerprint density at radius 2 is 1.87 bits per heavy atom. The Labute approximate surface area is 128 Å². The minimum absolute atomic E-state index is 0.213. The first-order chi connectivity index (χ1) is 10.5. The van der Waals surface area contributed by atoms with Crippen LogP contribution < -0.4 is 0 Å². The fourth-order valence-electron chi connectivity index (χ4n) is 2.65. The van der Waals surface area contributed by atoms with Crippen molar-refractivity contribution in [1.29, 1.82) is 0 Å². The van der Waals surface area contributed by atoms with Crippen molar-refractivity contribution in [3.63, 3.8) is 0 Å². The van der Waals surface area contributed by atoms with E-state index in [9.17, 15) is 32.3 Å². The fraction of sp³-hybridized carbons (Fsp3) is 0.667. The minimum atomic E-state index is -4.75. The highest BCUT2D eigenvalue weighted by molar-refractivity contribution is 6.04. The molecule has 11 heteroatoms. The SMILES string of the molecule is CN1CC(=O)N(CC(=O)N2C[C@@H](C(F)(F)F)[C@H](C(=O)O)C2)C1=O. The topological polar surface area (TPSA) is 98.2 Å². The summed E-state index contributed by atoms with van der Waals surface area (Å²) in [5.41, 5.74) is 0. The summed E-state index contributed by atoms with van der Waals surface area (Å²) in [6.45, 7) is -2.32. The number of carboxylic acid groups (broad SMARTS) is 1. The first-order valence-electron chi connectivity index (χ1n) is 6.65. The second kappa shape index (κ2) is 5.70. The average Bonchev–Trinajstić information content (AvgIpc) is 2.96. The van der Waals surface area contributed by atoms with E-state index in [0.29, 0.717) is 4.90 Å². The van der Waals surface area contributed by atoms with Gasteiger partial charge in [0.05, 0.1) is 11.8 Å². The zero-order valence-corrected chi connectivity index (χ0v) is 12.0. The molecule has 2 aliphatic rings. The maximum Gasteiger partial charge on any atom is 0.394 e. The molecule has 2 saturated heterocycles. The molecule has 2 fully saturated rings. The molecule has 0 aromatic carbocycles. The van der Waals surface area contributed by atoms with Gasteiger partial charge in [-0.1, -0.05) is 0 Å². The lowest BCUT2D eigenvalue weighted by molar-refractivity contribution is -0.188. The molecule has 2 atom stereocenters. The summed E-state index contributed by atoms with van der Waals surface area (Å²) >= 11 is 0. The van der Waals surface area contributed by atoms with Crippen LogP contribution in [0.15, 0.2) is 0 Å². The molecule has 2 rings (SSSR count). The number of hydrogen-bond acceptors (Lipinski definition) is 4. The van der Waals surface area contributed by atoms with E-state index in [1.54, 1.807) is 0 Å². The van der Waals surface area contributed by atoms with Crippen molar-refractivity contribution in [2.24, 2.45) is 11.8 Å². The maximum absolute atomic E-state index is 12.9. The van der Waals surface area contributed by atoms with E-state index < -0.39 is 61.5 Å². The summed E-state index contributed by atoms with van der Waals surface area (Å²) in [5.74, 6) is -7.09. The van der Waals surface area contributed by atoms with Crippen molar-refractivity contribution in [2.45, 2.75) is 6.18 Å². The number of carbonyl (C=O) groups excluding carboxylic acids is 3. The van der Waals surface area contributed by atoms with Crippen LogP contribution in [0.5, 0.6) is 0 Å². The number of alkyl halides is 3. The second-order valence-corrected chi connectivity index (χ2v) is 5.51. The molecule has 0 spiro atoms. The van der Waals surface area contributed by atoms with Gasteiger partial charge in [0.15, 0.2) is 0 Å². The Kier molecular flexibility index (Phi) is 4.22. The largest absolute Gasteiger partial charge is 0.481 e. The molecule has 0 aromatic heterocycles. The fourth-order valence-corrected chi connectivity index (χ4v) is 2.65. The predicted octanol–water partition coefficient (Wildman–Crippen LogP) is -0.398. The van der Waals surface area contributed by atoms with Crippen LogP contribution in [0.4, 0.5) is 18.0 Å². The number of likely N-dealkylation sites (tertiary alicyclic amines) is 1. The highest BCUT2D eigenvalue weighted by Gasteiger charge is 2.53. The quantitative estimate of drug-likeness (QED) is 0.707. The Bertz CT molecular complexity index is 565.